The Kier molecular flexibility index (Phi) is 8.33. The first-order chi connectivity index (χ1) is 7.10. The average Bonchev–Trinajstić information content (AvgIpc) is 2.15. The number of methoxy groups -OCH3 is 1. The number of ether oxygens (including phenoxy) is 1. The summed E-state index contributed by atoms with van der Waals surface area (Å²) in [5, 5.41) is 11.5. The smallest absolute Gasteiger partial charge is 0.220 e. The molecule has 0 heterocycles. The van der Waals surface area contributed by atoms with E-state index in [1.54, 1.807) is 7.11 Å². The minimum Gasteiger partial charge on any atom is -0.396 e. The van der Waals surface area contributed by atoms with Crippen LogP contribution in [-0.2, 0) is 9.53 Å². The van der Waals surface area contributed by atoms with Gasteiger partial charge in [-0.1, -0.05) is 13.8 Å². The minimum atomic E-state index is 0.0596. The first-order valence-electron chi connectivity index (χ1n) is 5.46. The van der Waals surface area contributed by atoms with Crippen LogP contribution in [-0.4, -0.2) is 37.9 Å². The van der Waals surface area contributed by atoms with Gasteiger partial charge in [-0.2, -0.15) is 0 Å². The van der Waals surface area contributed by atoms with E-state index in [0.717, 1.165) is 6.42 Å². The predicted octanol–water partition coefficient (Wildman–Crippen LogP) is 0.794. The Morgan fingerprint density at radius 2 is 2.07 bits per heavy atom. The van der Waals surface area contributed by atoms with Gasteiger partial charge in [0.05, 0.1) is 0 Å². The molecule has 2 N–H and O–H groups in total. The molecule has 0 rings (SSSR count). The molecule has 4 heteroatoms. The van der Waals surface area contributed by atoms with E-state index in [0.29, 0.717) is 25.5 Å². The molecule has 0 aliphatic heterocycles. The number of carbonyl (C=O) groups excluding carboxylic acids is 1. The van der Waals surface area contributed by atoms with Gasteiger partial charge in [-0.15, -0.1) is 0 Å². The molecule has 90 valence electrons. The van der Waals surface area contributed by atoms with Gasteiger partial charge < -0.3 is 15.2 Å². The fourth-order valence-electron chi connectivity index (χ4n) is 1.34. The maximum atomic E-state index is 11.4. The first kappa shape index (κ1) is 14.4. The van der Waals surface area contributed by atoms with Crippen molar-refractivity contribution in [2.24, 2.45) is 11.8 Å². The summed E-state index contributed by atoms with van der Waals surface area (Å²) >= 11 is 0. The van der Waals surface area contributed by atoms with Crippen molar-refractivity contribution in [2.75, 3.05) is 26.9 Å². The molecule has 2 unspecified atom stereocenters. The Bertz CT molecular complexity index is 173. The fraction of sp³-hybridized carbons (Fsp3) is 0.909. The molecule has 0 aromatic heterocycles. The van der Waals surface area contributed by atoms with Crippen molar-refractivity contribution in [3.05, 3.63) is 0 Å². The topological polar surface area (TPSA) is 58.6 Å². The maximum absolute atomic E-state index is 11.4. The summed E-state index contributed by atoms with van der Waals surface area (Å²) < 4.78 is 4.96. The molecule has 2 atom stereocenters. The number of hydrogen-bond acceptors (Lipinski definition) is 3. The molecular weight excluding hydrogens is 194 g/mol. The Labute approximate surface area is 92.0 Å². The highest BCUT2D eigenvalue weighted by Crippen LogP contribution is 2.03. The molecule has 0 saturated heterocycles. The summed E-state index contributed by atoms with van der Waals surface area (Å²) in [6, 6.07) is 0. The van der Waals surface area contributed by atoms with E-state index in [-0.39, 0.29) is 18.4 Å². The SMILES string of the molecule is COCC(C)CC(=O)NCC(C)CCO. The molecule has 1 amide bonds. The summed E-state index contributed by atoms with van der Waals surface area (Å²) in [4.78, 5) is 11.4. The van der Waals surface area contributed by atoms with E-state index in [4.69, 9.17) is 9.84 Å². The summed E-state index contributed by atoms with van der Waals surface area (Å²) in [7, 11) is 1.64. The van der Waals surface area contributed by atoms with Crippen molar-refractivity contribution in [2.45, 2.75) is 26.7 Å². The number of hydrogen-bond donors (Lipinski definition) is 2. The van der Waals surface area contributed by atoms with Crippen molar-refractivity contribution in [3.8, 4) is 0 Å². The van der Waals surface area contributed by atoms with Gasteiger partial charge >= 0.3 is 0 Å². The fourth-order valence-corrected chi connectivity index (χ4v) is 1.34. The van der Waals surface area contributed by atoms with E-state index in [1.165, 1.54) is 0 Å². The van der Waals surface area contributed by atoms with Gasteiger partial charge in [0, 0.05) is 33.3 Å². The summed E-state index contributed by atoms with van der Waals surface area (Å²) in [5.41, 5.74) is 0. The second kappa shape index (κ2) is 8.68. The van der Waals surface area contributed by atoms with Crippen LogP contribution in [0.4, 0.5) is 0 Å². The van der Waals surface area contributed by atoms with Crippen LogP contribution < -0.4 is 5.32 Å². The Morgan fingerprint density at radius 1 is 1.40 bits per heavy atom. The van der Waals surface area contributed by atoms with Crippen LogP contribution in [0.5, 0.6) is 0 Å². The molecule has 0 spiro atoms. The average molecular weight is 217 g/mol. The molecular formula is C11H23NO3. The van der Waals surface area contributed by atoms with E-state index < -0.39 is 0 Å². The van der Waals surface area contributed by atoms with Crippen molar-refractivity contribution in [1.29, 1.82) is 0 Å². The van der Waals surface area contributed by atoms with Gasteiger partial charge in [0.2, 0.25) is 5.91 Å². The molecule has 15 heavy (non-hydrogen) atoms. The summed E-state index contributed by atoms with van der Waals surface area (Å²) in [6.07, 6.45) is 1.23. The third-order valence-electron chi connectivity index (χ3n) is 2.25. The maximum Gasteiger partial charge on any atom is 0.220 e. The number of rotatable bonds is 8. The molecule has 0 radical (unpaired) electrons. The summed E-state index contributed by atoms with van der Waals surface area (Å²) in [6.45, 7) is 5.42. The van der Waals surface area contributed by atoms with Crippen LogP contribution in [0.3, 0.4) is 0 Å². The zero-order valence-electron chi connectivity index (χ0n) is 9.95. The largest absolute Gasteiger partial charge is 0.396 e. The molecule has 0 aliphatic carbocycles. The second-order valence-corrected chi connectivity index (χ2v) is 4.19. The van der Waals surface area contributed by atoms with Gasteiger partial charge in [-0.05, 0) is 18.3 Å². The highest BCUT2D eigenvalue weighted by Gasteiger charge is 2.09. The van der Waals surface area contributed by atoms with Crippen molar-refractivity contribution in [3.63, 3.8) is 0 Å². The van der Waals surface area contributed by atoms with Crippen LogP contribution in [0.1, 0.15) is 26.7 Å². The standard InChI is InChI=1S/C11H23NO3/c1-9(4-5-13)7-12-11(14)6-10(2)8-15-3/h9-10,13H,4-8H2,1-3H3,(H,12,14). The molecule has 0 saturated carbocycles. The predicted molar refractivity (Wildman–Crippen MR) is 59.5 cm³/mol. The van der Waals surface area contributed by atoms with Gasteiger partial charge in [0.1, 0.15) is 0 Å². The van der Waals surface area contributed by atoms with E-state index >= 15 is 0 Å². The summed E-state index contributed by atoms with van der Waals surface area (Å²) in [5.74, 6) is 0.643. The lowest BCUT2D eigenvalue weighted by atomic mass is 10.1. The van der Waals surface area contributed by atoms with Gasteiger partial charge in [-0.25, -0.2) is 0 Å². The lowest BCUT2D eigenvalue weighted by molar-refractivity contribution is -0.122. The number of aliphatic hydroxyl groups is 1. The molecule has 4 nitrogen and oxygen atoms in total. The Hall–Kier alpha value is -0.610. The van der Waals surface area contributed by atoms with Gasteiger partial charge in [0.15, 0.2) is 0 Å². The lowest BCUT2D eigenvalue weighted by Gasteiger charge is -2.13. The minimum absolute atomic E-state index is 0.0596. The zero-order valence-corrected chi connectivity index (χ0v) is 9.95. The third kappa shape index (κ3) is 8.39. The van der Waals surface area contributed by atoms with E-state index in [1.807, 2.05) is 13.8 Å². The molecule has 0 bridgehead atoms. The van der Waals surface area contributed by atoms with Crippen LogP contribution in [0.25, 0.3) is 0 Å². The normalized spacial score (nSPS) is 14.7. The van der Waals surface area contributed by atoms with E-state index in [2.05, 4.69) is 5.32 Å². The van der Waals surface area contributed by atoms with Crippen LogP contribution >= 0.6 is 0 Å². The Balaban J connectivity index is 3.56. The third-order valence-corrected chi connectivity index (χ3v) is 2.25. The second-order valence-electron chi connectivity index (χ2n) is 4.19. The Morgan fingerprint density at radius 3 is 2.60 bits per heavy atom. The zero-order chi connectivity index (χ0) is 11.7. The molecule has 0 aromatic rings. The van der Waals surface area contributed by atoms with Gasteiger partial charge in [0.25, 0.3) is 0 Å². The highest BCUT2D eigenvalue weighted by atomic mass is 16.5. The number of carbonyl (C=O) groups is 1. The van der Waals surface area contributed by atoms with E-state index in [9.17, 15) is 4.79 Å². The quantitative estimate of drug-likeness (QED) is 0.632. The van der Waals surface area contributed by atoms with Crippen molar-refractivity contribution >= 4 is 5.91 Å². The molecule has 0 aromatic carbocycles. The van der Waals surface area contributed by atoms with Crippen molar-refractivity contribution in [1.82, 2.24) is 5.32 Å². The number of amides is 1. The van der Waals surface area contributed by atoms with Crippen LogP contribution in [0.2, 0.25) is 0 Å². The van der Waals surface area contributed by atoms with Crippen molar-refractivity contribution < 1.29 is 14.6 Å². The molecule has 0 fully saturated rings. The molecule has 0 aliphatic rings. The monoisotopic (exact) mass is 217 g/mol. The lowest BCUT2D eigenvalue weighted by Crippen LogP contribution is -2.30. The van der Waals surface area contributed by atoms with Crippen LogP contribution in [0.15, 0.2) is 0 Å². The van der Waals surface area contributed by atoms with Gasteiger partial charge in [-0.3, -0.25) is 4.79 Å². The first-order valence-corrected chi connectivity index (χ1v) is 5.46. The van der Waals surface area contributed by atoms with Crippen LogP contribution in [0, 0.1) is 11.8 Å². The highest BCUT2D eigenvalue weighted by molar-refractivity contribution is 5.76. The number of aliphatic hydroxyl groups excluding tert-OH is 1. The number of nitrogens with one attached hydrogen (secondary N) is 1.